The molecule has 0 unspecified atom stereocenters. The van der Waals surface area contributed by atoms with Crippen molar-refractivity contribution in [2.75, 3.05) is 13.2 Å². The van der Waals surface area contributed by atoms with Crippen molar-refractivity contribution in [3.8, 4) is 5.75 Å². The van der Waals surface area contributed by atoms with Crippen molar-refractivity contribution in [1.82, 2.24) is 0 Å². The van der Waals surface area contributed by atoms with Gasteiger partial charge in [-0.1, -0.05) is 18.2 Å². The molecule has 1 aliphatic rings. The Morgan fingerprint density at radius 3 is 2.52 bits per heavy atom. The summed E-state index contributed by atoms with van der Waals surface area (Å²) < 4.78 is 21.2. The Morgan fingerprint density at radius 2 is 1.91 bits per heavy atom. The van der Waals surface area contributed by atoms with Crippen molar-refractivity contribution in [2.45, 2.75) is 37.6 Å². The molecule has 2 rings (SSSR count). The second-order valence-corrected chi connectivity index (χ2v) is 5.24. The van der Waals surface area contributed by atoms with Crippen LogP contribution in [0.1, 0.15) is 6.92 Å². The molecular formula is C15H20O7S. The molecule has 0 aromatic heterocycles. The van der Waals surface area contributed by atoms with E-state index in [4.69, 9.17) is 31.2 Å². The summed E-state index contributed by atoms with van der Waals surface area (Å²) in [5, 5.41) is 29.4. The Kier molecular flexibility index (Phi) is 6.70. The highest BCUT2D eigenvalue weighted by Gasteiger charge is 2.47. The van der Waals surface area contributed by atoms with Gasteiger partial charge in [-0.05, 0) is 19.1 Å². The summed E-state index contributed by atoms with van der Waals surface area (Å²) in [7, 11) is 0. The second kappa shape index (κ2) is 8.53. The first kappa shape index (κ1) is 18.1. The van der Waals surface area contributed by atoms with Crippen LogP contribution in [0.3, 0.4) is 0 Å². The highest BCUT2D eigenvalue weighted by atomic mass is 32.1. The maximum absolute atomic E-state index is 10.2. The van der Waals surface area contributed by atoms with Crippen LogP contribution in [0.4, 0.5) is 0 Å². The summed E-state index contributed by atoms with van der Waals surface area (Å²) in [4.78, 5) is 0. The highest BCUT2D eigenvalue weighted by molar-refractivity contribution is 7.79. The molecule has 1 aliphatic heterocycles. The third-order valence-electron chi connectivity index (χ3n) is 3.33. The van der Waals surface area contributed by atoms with Crippen LogP contribution in [0, 0.1) is 0 Å². The van der Waals surface area contributed by atoms with Gasteiger partial charge in [0.1, 0.15) is 24.1 Å². The molecule has 23 heavy (non-hydrogen) atoms. The average molecular weight is 344 g/mol. The number of para-hydroxylation sites is 1. The highest BCUT2D eigenvalue weighted by Crippen LogP contribution is 2.25. The fourth-order valence-electron chi connectivity index (χ4n) is 2.21. The Hall–Kier alpha value is -1.29. The van der Waals surface area contributed by atoms with Crippen LogP contribution < -0.4 is 4.74 Å². The predicted octanol–water partition coefficient (Wildman–Crippen LogP) is 0.211. The first-order valence-electron chi connectivity index (χ1n) is 7.24. The molecule has 1 saturated heterocycles. The molecule has 0 amide bonds. The number of hydrogen-bond acceptors (Lipinski definition) is 8. The zero-order chi connectivity index (χ0) is 16.8. The molecular weight excluding hydrogens is 324 g/mol. The summed E-state index contributed by atoms with van der Waals surface area (Å²) in [5.41, 5.74) is 0. The van der Waals surface area contributed by atoms with E-state index in [9.17, 15) is 15.3 Å². The minimum absolute atomic E-state index is 0.256. The Labute approximate surface area is 139 Å². The second-order valence-electron chi connectivity index (χ2n) is 4.91. The number of aliphatic hydroxyl groups is 3. The van der Waals surface area contributed by atoms with Gasteiger partial charge in [-0.25, -0.2) is 0 Å². The number of rotatable bonds is 5. The van der Waals surface area contributed by atoms with Crippen LogP contribution in [-0.4, -0.2) is 64.5 Å². The molecule has 5 atom stereocenters. The molecule has 0 spiro atoms. The van der Waals surface area contributed by atoms with Gasteiger partial charge in [0.15, 0.2) is 12.4 Å². The fraction of sp³-hybridized carbons (Fsp3) is 0.533. The van der Waals surface area contributed by atoms with E-state index in [0.29, 0.717) is 5.75 Å². The predicted molar refractivity (Wildman–Crippen MR) is 83.9 cm³/mol. The summed E-state index contributed by atoms with van der Waals surface area (Å²) in [5.74, 6) is 0.466. The van der Waals surface area contributed by atoms with E-state index in [1.54, 1.807) is 31.2 Å². The summed E-state index contributed by atoms with van der Waals surface area (Å²) in [6.45, 7) is 1.56. The molecule has 1 aromatic rings. The molecule has 0 aliphatic carbocycles. The zero-order valence-corrected chi connectivity index (χ0v) is 13.4. The molecule has 0 radical (unpaired) electrons. The van der Waals surface area contributed by atoms with Gasteiger partial charge in [-0.2, -0.15) is 0 Å². The van der Waals surface area contributed by atoms with Gasteiger partial charge >= 0.3 is 5.24 Å². The van der Waals surface area contributed by atoms with Crippen LogP contribution in [0.25, 0.3) is 0 Å². The number of benzene rings is 1. The van der Waals surface area contributed by atoms with Crippen LogP contribution in [-0.2, 0) is 14.2 Å². The van der Waals surface area contributed by atoms with E-state index >= 15 is 0 Å². The Bertz CT molecular complexity index is 498. The van der Waals surface area contributed by atoms with E-state index in [-0.39, 0.29) is 11.8 Å². The quantitative estimate of drug-likeness (QED) is 0.652. The van der Waals surface area contributed by atoms with E-state index < -0.39 is 37.3 Å². The summed E-state index contributed by atoms with van der Waals surface area (Å²) in [6, 6.07) is 8.73. The van der Waals surface area contributed by atoms with Gasteiger partial charge in [-0.3, -0.25) is 0 Å². The van der Waals surface area contributed by atoms with Gasteiger partial charge in [-0.15, -0.1) is 0 Å². The molecule has 0 bridgehead atoms. The third kappa shape index (κ3) is 4.60. The van der Waals surface area contributed by atoms with Crippen LogP contribution in [0.5, 0.6) is 5.75 Å². The van der Waals surface area contributed by atoms with E-state index in [0.717, 1.165) is 0 Å². The largest absolute Gasteiger partial charge is 0.447 e. The van der Waals surface area contributed by atoms with Crippen LogP contribution in [0.2, 0.25) is 0 Å². The molecule has 7 nitrogen and oxygen atoms in total. The molecule has 3 N–H and O–H groups in total. The molecule has 128 valence electrons. The lowest BCUT2D eigenvalue weighted by Gasteiger charge is -2.41. The van der Waals surface area contributed by atoms with Crippen molar-refractivity contribution >= 4 is 17.5 Å². The van der Waals surface area contributed by atoms with Crippen molar-refractivity contribution in [3.05, 3.63) is 30.3 Å². The molecule has 1 aromatic carbocycles. The van der Waals surface area contributed by atoms with Crippen LogP contribution >= 0.6 is 12.2 Å². The number of ether oxygens (including phenoxy) is 4. The fourth-order valence-corrected chi connectivity index (χ4v) is 2.42. The lowest BCUT2D eigenvalue weighted by molar-refractivity contribution is -0.298. The van der Waals surface area contributed by atoms with Crippen LogP contribution in [0.15, 0.2) is 30.3 Å². The van der Waals surface area contributed by atoms with Gasteiger partial charge in [0.05, 0.1) is 6.61 Å². The smallest absolute Gasteiger partial charge is 0.358 e. The molecule has 8 heteroatoms. The van der Waals surface area contributed by atoms with Crippen molar-refractivity contribution < 1.29 is 34.3 Å². The van der Waals surface area contributed by atoms with Crippen molar-refractivity contribution in [3.63, 3.8) is 0 Å². The number of hydrogen-bond donors (Lipinski definition) is 3. The molecule has 0 saturated carbocycles. The third-order valence-corrected chi connectivity index (χ3v) is 3.51. The van der Waals surface area contributed by atoms with Crippen molar-refractivity contribution in [2.24, 2.45) is 0 Å². The lowest BCUT2D eigenvalue weighted by atomic mass is 9.99. The average Bonchev–Trinajstić information content (AvgIpc) is 2.55. The SMILES string of the molecule is CCO[C@@H]1O[C@H](CO)[C@H](O)[C@H](OC(=S)Oc2ccccc2)[C@H]1O. The first-order chi connectivity index (χ1) is 11.1. The van der Waals surface area contributed by atoms with Gasteiger partial charge in [0.25, 0.3) is 0 Å². The Morgan fingerprint density at radius 1 is 1.22 bits per heavy atom. The van der Waals surface area contributed by atoms with Gasteiger partial charge in [0, 0.05) is 18.8 Å². The van der Waals surface area contributed by atoms with Gasteiger partial charge in [0.2, 0.25) is 0 Å². The summed E-state index contributed by atoms with van der Waals surface area (Å²) in [6.07, 6.45) is -5.72. The number of thiocarbonyl (C=S) groups is 1. The van der Waals surface area contributed by atoms with Gasteiger partial charge < -0.3 is 34.3 Å². The van der Waals surface area contributed by atoms with E-state index in [1.165, 1.54) is 0 Å². The maximum Gasteiger partial charge on any atom is 0.358 e. The summed E-state index contributed by atoms with van der Waals surface area (Å²) >= 11 is 4.99. The maximum atomic E-state index is 10.2. The van der Waals surface area contributed by atoms with E-state index in [1.807, 2.05) is 6.07 Å². The molecule has 1 heterocycles. The standard InChI is InChI=1S/C15H20O7S/c1-2-19-14-12(18)13(11(17)10(8-16)21-14)22-15(23)20-9-6-4-3-5-7-9/h3-7,10-14,16-18H,2,8H2,1H3/t10-,11+,12-,13+,14-/m1/s1. The van der Waals surface area contributed by atoms with Crippen molar-refractivity contribution in [1.29, 1.82) is 0 Å². The minimum Gasteiger partial charge on any atom is -0.447 e. The topological polar surface area (TPSA) is 97.6 Å². The lowest BCUT2D eigenvalue weighted by Crippen LogP contribution is -2.60. The normalized spacial score (nSPS) is 30.7. The first-order valence-corrected chi connectivity index (χ1v) is 7.65. The Balaban J connectivity index is 2.03. The minimum atomic E-state index is -1.29. The van der Waals surface area contributed by atoms with E-state index in [2.05, 4.69) is 0 Å². The molecule has 1 fully saturated rings. The monoisotopic (exact) mass is 344 g/mol. The zero-order valence-electron chi connectivity index (χ0n) is 12.6. The number of aliphatic hydroxyl groups excluding tert-OH is 3.